The molecule has 0 bridgehead atoms. The highest BCUT2D eigenvalue weighted by Crippen LogP contribution is 2.30. The predicted molar refractivity (Wildman–Crippen MR) is 73.8 cm³/mol. The molecule has 2 heterocycles. The van der Waals surface area contributed by atoms with Gasteiger partial charge in [-0.3, -0.25) is 9.78 Å². The molecule has 1 atom stereocenters. The molecule has 1 saturated heterocycles. The van der Waals surface area contributed by atoms with Gasteiger partial charge in [-0.25, -0.2) is 4.39 Å². The fraction of sp³-hybridized carbons (Fsp3) is 0.600. The maximum absolute atomic E-state index is 13.2. The number of amides is 1. The van der Waals surface area contributed by atoms with Gasteiger partial charge in [0.2, 0.25) is 0 Å². The lowest BCUT2D eigenvalue weighted by atomic mass is 9.98. The zero-order chi connectivity index (χ0) is 13.9. The highest BCUT2D eigenvalue weighted by molar-refractivity contribution is 5.94. The lowest BCUT2D eigenvalue weighted by molar-refractivity contribution is 0.0703. The molecule has 2 fully saturated rings. The summed E-state index contributed by atoms with van der Waals surface area (Å²) in [6.45, 7) is 2.81. The van der Waals surface area contributed by atoms with Gasteiger partial charge in [0.25, 0.3) is 5.91 Å². The highest BCUT2D eigenvalue weighted by Gasteiger charge is 2.34. The molecule has 0 aromatic carbocycles. The molecule has 2 aliphatic rings. The van der Waals surface area contributed by atoms with E-state index in [9.17, 15) is 9.18 Å². The van der Waals surface area contributed by atoms with Crippen molar-refractivity contribution in [1.82, 2.24) is 15.2 Å². The van der Waals surface area contributed by atoms with Crippen LogP contribution in [0.2, 0.25) is 0 Å². The van der Waals surface area contributed by atoms with Crippen molar-refractivity contribution in [3.05, 3.63) is 29.8 Å². The number of carbonyl (C=O) groups is 1. The molecule has 3 rings (SSSR count). The Hall–Kier alpha value is -1.49. The Balaban J connectivity index is 1.71. The molecule has 0 radical (unpaired) electrons. The summed E-state index contributed by atoms with van der Waals surface area (Å²) >= 11 is 0. The van der Waals surface area contributed by atoms with Crippen molar-refractivity contribution < 1.29 is 9.18 Å². The summed E-state index contributed by atoms with van der Waals surface area (Å²) in [5, 5.41) is 3.38. The number of carbonyl (C=O) groups excluding carboxylic acids is 1. The van der Waals surface area contributed by atoms with Gasteiger partial charge in [0, 0.05) is 18.8 Å². The monoisotopic (exact) mass is 277 g/mol. The van der Waals surface area contributed by atoms with Crippen LogP contribution >= 0.6 is 0 Å². The van der Waals surface area contributed by atoms with Crippen LogP contribution in [0.3, 0.4) is 0 Å². The van der Waals surface area contributed by atoms with E-state index in [1.807, 2.05) is 4.90 Å². The van der Waals surface area contributed by atoms with E-state index >= 15 is 0 Å². The number of nitrogens with one attached hydrogen (secondary N) is 1. The first-order valence-electron chi connectivity index (χ1n) is 7.36. The van der Waals surface area contributed by atoms with Crippen molar-refractivity contribution in [3.63, 3.8) is 0 Å². The first kappa shape index (κ1) is 13.5. The molecular formula is C15H20FN3O. The summed E-state index contributed by atoms with van der Waals surface area (Å²) in [4.78, 5) is 18.3. The Labute approximate surface area is 118 Å². The maximum atomic E-state index is 13.2. The van der Waals surface area contributed by atoms with Crippen molar-refractivity contribution in [2.75, 3.05) is 19.6 Å². The summed E-state index contributed by atoms with van der Waals surface area (Å²) in [7, 11) is 0. The lowest BCUT2D eigenvalue weighted by Gasteiger charge is -2.30. The number of aromatic nitrogens is 1. The normalized spacial score (nSPS) is 22.6. The highest BCUT2D eigenvalue weighted by atomic mass is 19.1. The van der Waals surface area contributed by atoms with Crippen molar-refractivity contribution in [2.45, 2.75) is 31.7 Å². The van der Waals surface area contributed by atoms with E-state index in [1.165, 1.54) is 18.7 Å². The molecule has 1 N–H and O–H groups in total. The van der Waals surface area contributed by atoms with Crippen LogP contribution in [0.5, 0.6) is 0 Å². The van der Waals surface area contributed by atoms with E-state index < -0.39 is 5.82 Å². The van der Waals surface area contributed by atoms with Crippen molar-refractivity contribution in [1.29, 1.82) is 0 Å². The zero-order valence-corrected chi connectivity index (χ0v) is 11.5. The summed E-state index contributed by atoms with van der Waals surface area (Å²) in [6.07, 6.45) is 7.04. The van der Waals surface area contributed by atoms with E-state index in [0.717, 1.165) is 45.1 Å². The average molecular weight is 277 g/mol. The standard InChI is InChI=1S/C15H20FN3O/c16-13-6-12(8-18-9-13)15(20)19(14-3-4-14)10-11-2-1-5-17-7-11/h6,8-9,11,14,17H,1-5,7,10H2. The molecule has 1 amide bonds. The molecule has 5 heteroatoms. The molecule has 1 aliphatic carbocycles. The van der Waals surface area contributed by atoms with E-state index in [1.54, 1.807) is 0 Å². The number of rotatable bonds is 4. The Morgan fingerprint density at radius 1 is 1.40 bits per heavy atom. The molecule has 0 spiro atoms. The number of hydrogen-bond donors (Lipinski definition) is 1. The Morgan fingerprint density at radius 3 is 2.90 bits per heavy atom. The number of pyridine rings is 1. The molecule has 1 aliphatic heterocycles. The van der Waals surface area contributed by atoms with E-state index in [-0.39, 0.29) is 5.91 Å². The maximum Gasteiger partial charge on any atom is 0.255 e. The minimum Gasteiger partial charge on any atom is -0.335 e. The number of halogens is 1. The first-order chi connectivity index (χ1) is 9.74. The second kappa shape index (κ2) is 5.87. The number of nitrogens with zero attached hydrogens (tertiary/aromatic N) is 2. The molecule has 1 unspecified atom stereocenters. The lowest BCUT2D eigenvalue weighted by Crippen LogP contribution is -2.42. The second-order valence-electron chi connectivity index (χ2n) is 5.79. The largest absolute Gasteiger partial charge is 0.335 e. The molecule has 1 aromatic heterocycles. The van der Waals surface area contributed by atoms with Crippen molar-refractivity contribution >= 4 is 5.91 Å². The Morgan fingerprint density at radius 2 is 2.25 bits per heavy atom. The fourth-order valence-electron chi connectivity index (χ4n) is 2.84. The molecule has 108 valence electrons. The molecular weight excluding hydrogens is 257 g/mol. The number of hydrogen-bond acceptors (Lipinski definition) is 3. The average Bonchev–Trinajstić information content (AvgIpc) is 3.30. The first-order valence-corrected chi connectivity index (χ1v) is 7.36. The summed E-state index contributed by atoms with van der Waals surface area (Å²) < 4.78 is 13.2. The van der Waals surface area contributed by atoms with Gasteiger partial charge in [0.05, 0.1) is 11.8 Å². The van der Waals surface area contributed by atoms with Gasteiger partial charge >= 0.3 is 0 Å². The minimum absolute atomic E-state index is 0.0786. The van der Waals surface area contributed by atoms with Crippen LogP contribution in [-0.4, -0.2) is 41.5 Å². The van der Waals surface area contributed by atoms with Crippen LogP contribution in [0.1, 0.15) is 36.0 Å². The number of piperidine rings is 1. The van der Waals surface area contributed by atoms with Crippen LogP contribution in [0.4, 0.5) is 4.39 Å². The van der Waals surface area contributed by atoms with Crippen LogP contribution in [0, 0.1) is 11.7 Å². The quantitative estimate of drug-likeness (QED) is 0.913. The molecule has 1 saturated carbocycles. The molecule has 20 heavy (non-hydrogen) atoms. The van der Waals surface area contributed by atoms with Gasteiger partial charge in [-0.15, -0.1) is 0 Å². The van der Waals surface area contributed by atoms with E-state index in [0.29, 0.717) is 17.5 Å². The van der Waals surface area contributed by atoms with Gasteiger partial charge in [-0.1, -0.05) is 0 Å². The van der Waals surface area contributed by atoms with Crippen molar-refractivity contribution in [2.24, 2.45) is 5.92 Å². The topological polar surface area (TPSA) is 45.2 Å². The molecule has 1 aromatic rings. The van der Waals surface area contributed by atoms with Crippen LogP contribution < -0.4 is 5.32 Å². The van der Waals surface area contributed by atoms with Gasteiger partial charge in [-0.2, -0.15) is 0 Å². The van der Waals surface area contributed by atoms with E-state index in [2.05, 4.69) is 10.3 Å². The minimum atomic E-state index is -0.453. The zero-order valence-electron chi connectivity index (χ0n) is 11.5. The summed E-state index contributed by atoms with van der Waals surface area (Å²) in [5.41, 5.74) is 0.362. The third-order valence-electron chi connectivity index (χ3n) is 4.05. The summed E-state index contributed by atoms with van der Waals surface area (Å²) in [6, 6.07) is 1.62. The van der Waals surface area contributed by atoms with Crippen LogP contribution in [-0.2, 0) is 0 Å². The van der Waals surface area contributed by atoms with Crippen LogP contribution in [0.25, 0.3) is 0 Å². The predicted octanol–water partition coefficient (Wildman–Crippen LogP) is 1.82. The fourth-order valence-corrected chi connectivity index (χ4v) is 2.84. The van der Waals surface area contributed by atoms with Gasteiger partial charge < -0.3 is 10.2 Å². The molecule has 4 nitrogen and oxygen atoms in total. The Kier molecular flexibility index (Phi) is 3.96. The van der Waals surface area contributed by atoms with E-state index in [4.69, 9.17) is 0 Å². The smallest absolute Gasteiger partial charge is 0.255 e. The SMILES string of the molecule is O=C(c1cncc(F)c1)N(CC1CCCNC1)C1CC1. The third-order valence-corrected chi connectivity index (χ3v) is 4.05. The summed E-state index contributed by atoms with van der Waals surface area (Å²) in [5.74, 6) is -0.0224. The van der Waals surface area contributed by atoms with Gasteiger partial charge in [0.1, 0.15) is 5.82 Å². The van der Waals surface area contributed by atoms with Crippen molar-refractivity contribution in [3.8, 4) is 0 Å². The van der Waals surface area contributed by atoms with Crippen LogP contribution in [0.15, 0.2) is 18.5 Å². The van der Waals surface area contributed by atoms with Gasteiger partial charge in [0.15, 0.2) is 0 Å². The second-order valence-corrected chi connectivity index (χ2v) is 5.79. The third kappa shape index (κ3) is 3.15. The Bertz CT molecular complexity index is 484. The van der Waals surface area contributed by atoms with Gasteiger partial charge in [-0.05, 0) is 50.8 Å².